The summed E-state index contributed by atoms with van der Waals surface area (Å²) < 4.78 is 0. The van der Waals surface area contributed by atoms with Gasteiger partial charge in [-0.15, -0.1) is 0 Å². The molecule has 2 aromatic rings. The molecule has 1 fully saturated rings. The van der Waals surface area contributed by atoms with Gasteiger partial charge in [0, 0.05) is 6.20 Å². The van der Waals surface area contributed by atoms with Crippen molar-refractivity contribution in [1.82, 2.24) is 15.2 Å². The van der Waals surface area contributed by atoms with Crippen LogP contribution in [0.5, 0.6) is 0 Å². The van der Waals surface area contributed by atoms with E-state index in [1.807, 2.05) is 24.3 Å². The Kier molecular flexibility index (Phi) is 3.49. The quantitative estimate of drug-likeness (QED) is 0.829. The minimum absolute atomic E-state index is 0.330. The Morgan fingerprint density at radius 3 is 2.88 bits per heavy atom. The number of benzene rings is 1. The molecular weight excluding hydrogens is 320 g/mol. The first-order chi connectivity index (χ1) is 12.1. The molecule has 2 N–H and O–H groups in total. The third kappa shape index (κ3) is 2.44. The zero-order valence-electron chi connectivity index (χ0n) is 13.4. The molecule has 1 aromatic heterocycles. The third-order valence-corrected chi connectivity index (χ3v) is 4.67. The van der Waals surface area contributed by atoms with Crippen molar-refractivity contribution >= 4 is 23.5 Å². The van der Waals surface area contributed by atoms with E-state index in [9.17, 15) is 14.4 Å². The van der Waals surface area contributed by atoms with Gasteiger partial charge in [0.1, 0.15) is 12.1 Å². The Bertz CT molecular complexity index is 868. The van der Waals surface area contributed by atoms with Gasteiger partial charge in [-0.1, -0.05) is 24.3 Å². The summed E-state index contributed by atoms with van der Waals surface area (Å²) in [7, 11) is 0. The first kappa shape index (κ1) is 15.3. The highest BCUT2D eigenvalue weighted by molar-refractivity contribution is 6.10. The molecule has 1 spiro atoms. The van der Waals surface area contributed by atoms with Crippen LogP contribution in [0.25, 0.3) is 0 Å². The van der Waals surface area contributed by atoms with E-state index >= 15 is 0 Å². The number of hydrogen-bond acceptors (Lipinski definition) is 4. The number of carbonyl (C=O) groups excluding carboxylic acids is 3. The third-order valence-electron chi connectivity index (χ3n) is 4.67. The predicted octanol–water partition coefficient (Wildman–Crippen LogP) is 1.41. The van der Waals surface area contributed by atoms with E-state index in [1.54, 1.807) is 18.3 Å². The Morgan fingerprint density at radius 2 is 2.08 bits per heavy atom. The van der Waals surface area contributed by atoms with Gasteiger partial charge in [-0.3, -0.25) is 19.5 Å². The maximum absolute atomic E-state index is 12.9. The molecule has 2 heterocycles. The zero-order valence-corrected chi connectivity index (χ0v) is 13.4. The Labute approximate surface area is 144 Å². The molecule has 4 amide bonds. The van der Waals surface area contributed by atoms with Crippen molar-refractivity contribution < 1.29 is 14.4 Å². The van der Waals surface area contributed by atoms with Gasteiger partial charge in [0.15, 0.2) is 0 Å². The molecule has 1 aliphatic heterocycles. The monoisotopic (exact) mass is 336 g/mol. The maximum Gasteiger partial charge on any atom is 0.325 e. The van der Waals surface area contributed by atoms with Crippen molar-refractivity contribution in [2.45, 2.75) is 18.4 Å². The van der Waals surface area contributed by atoms with E-state index in [1.165, 1.54) is 6.20 Å². The van der Waals surface area contributed by atoms with Gasteiger partial charge in [-0.05, 0) is 36.1 Å². The van der Waals surface area contributed by atoms with Crippen molar-refractivity contribution in [1.29, 1.82) is 0 Å². The number of amides is 4. The van der Waals surface area contributed by atoms with Crippen molar-refractivity contribution in [3.05, 3.63) is 59.9 Å². The maximum atomic E-state index is 12.9. The van der Waals surface area contributed by atoms with E-state index in [2.05, 4.69) is 15.6 Å². The average molecular weight is 336 g/mol. The Hall–Kier alpha value is -3.22. The van der Waals surface area contributed by atoms with Crippen molar-refractivity contribution in [3.8, 4) is 0 Å². The van der Waals surface area contributed by atoms with Crippen molar-refractivity contribution in [2.75, 3.05) is 11.9 Å². The Morgan fingerprint density at radius 1 is 1.24 bits per heavy atom. The number of carbonyl (C=O) groups is 3. The summed E-state index contributed by atoms with van der Waals surface area (Å²) in [4.78, 5) is 42.4. The van der Waals surface area contributed by atoms with E-state index in [0.29, 0.717) is 12.1 Å². The molecule has 126 valence electrons. The van der Waals surface area contributed by atoms with Gasteiger partial charge >= 0.3 is 6.03 Å². The number of pyridine rings is 1. The molecule has 7 nitrogen and oxygen atoms in total. The second-order valence-corrected chi connectivity index (χ2v) is 6.17. The predicted molar refractivity (Wildman–Crippen MR) is 89.6 cm³/mol. The second kappa shape index (κ2) is 5.70. The lowest BCUT2D eigenvalue weighted by atomic mass is 9.92. The van der Waals surface area contributed by atoms with Gasteiger partial charge in [0.25, 0.3) is 5.91 Å². The smallest absolute Gasteiger partial charge is 0.323 e. The topological polar surface area (TPSA) is 91.4 Å². The molecule has 0 radical (unpaired) electrons. The standard InChI is InChI=1S/C18H16N4O3/c23-15(20-13-5-3-9-19-10-13)11-22-16(24)18(21-17(22)25)8-7-12-4-1-2-6-14(12)18/h1-6,9-10H,7-8,11H2,(H,20,23)(H,21,25)/t18-/m0/s1. The number of rotatable bonds is 3. The van der Waals surface area contributed by atoms with E-state index in [4.69, 9.17) is 0 Å². The van der Waals surface area contributed by atoms with Crippen LogP contribution in [0.4, 0.5) is 10.5 Å². The lowest BCUT2D eigenvalue weighted by Crippen LogP contribution is -2.43. The van der Waals surface area contributed by atoms with Gasteiger partial charge in [-0.25, -0.2) is 4.79 Å². The highest BCUT2D eigenvalue weighted by Crippen LogP contribution is 2.41. The summed E-state index contributed by atoms with van der Waals surface area (Å²) in [6.07, 6.45) is 4.32. The zero-order chi connectivity index (χ0) is 17.4. The number of nitrogens with zero attached hydrogens (tertiary/aromatic N) is 2. The molecule has 0 unspecified atom stereocenters. The molecule has 1 aromatic carbocycles. The normalized spacial score (nSPS) is 21.4. The van der Waals surface area contributed by atoms with Crippen LogP contribution in [0.2, 0.25) is 0 Å². The summed E-state index contributed by atoms with van der Waals surface area (Å²) in [5, 5.41) is 5.43. The highest BCUT2D eigenvalue weighted by Gasteiger charge is 2.55. The number of urea groups is 1. The minimum atomic E-state index is -1.04. The van der Waals surface area contributed by atoms with Gasteiger partial charge in [0.2, 0.25) is 5.91 Å². The van der Waals surface area contributed by atoms with E-state index < -0.39 is 17.5 Å². The van der Waals surface area contributed by atoms with Crippen LogP contribution in [0.3, 0.4) is 0 Å². The molecule has 2 aliphatic rings. The number of nitrogens with one attached hydrogen (secondary N) is 2. The first-order valence-electron chi connectivity index (χ1n) is 8.02. The van der Waals surface area contributed by atoms with Crippen molar-refractivity contribution in [3.63, 3.8) is 0 Å². The number of imide groups is 1. The fraction of sp³-hybridized carbons (Fsp3) is 0.222. The fourth-order valence-corrected chi connectivity index (χ4v) is 3.51. The summed E-state index contributed by atoms with van der Waals surface area (Å²) in [5.74, 6) is -0.816. The van der Waals surface area contributed by atoms with Crippen LogP contribution in [-0.4, -0.2) is 34.3 Å². The summed E-state index contributed by atoms with van der Waals surface area (Å²) in [6, 6.07) is 10.4. The number of fused-ring (bicyclic) bond motifs is 2. The number of hydrogen-bond donors (Lipinski definition) is 2. The van der Waals surface area contributed by atoms with Crippen LogP contribution in [0.1, 0.15) is 17.5 Å². The molecule has 7 heteroatoms. The summed E-state index contributed by atoms with van der Waals surface area (Å²) in [6.45, 7) is -0.330. The second-order valence-electron chi connectivity index (χ2n) is 6.17. The lowest BCUT2D eigenvalue weighted by Gasteiger charge is -2.22. The van der Waals surface area contributed by atoms with E-state index in [-0.39, 0.29) is 12.5 Å². The number of anilines is 1. The molecule has 1 aliphatic carbocycles. The van der Waals surface area contributed by atoms with Gasteiger partial charge < -0.3 is 10.6 Å². The molecular formula is C18H16N4O3. The van der Waals surface area contributed by atoms with Gasteiger partial charge in [0.05, 0.1) is 11.9 Å². The van der Waals surface area contributed by atoms with Gasteiger partial charge in [-0.2, -0.15) is 0 Å². The van der Waals surface area contributed by atoms with E-state index in [0.717, 1.165) is 22.4 Å². The first-order valence-corrected chi connectivity index (χ1v) is 8.02. The highest BCUT2D eigenvalue weighted by atomic mass is 16.2. The molecule has 1 atom stereocenters. The number of aryl methyl sites for hydroxylation is 1. The summed E-state index contributed by atoms with van der Waals surface area (Å²) >= 11 is 0. The molecule has 0 bridgehead atoms. The van der Waals surface area contributed by atoms with Crippen molar-refractivity contribution in [2.24, 2.45) is 0 Å². The SMILES string of the molecule is O=C(CN1C(=O)N[C@]2(CCc3ccccc32)C1=O)Nc1cccnc1. The Balaban J connectivity index is 1.54. The number of aromatic nitrogens is 1. The van der Waals surface area contributed by atoms with Crippen LogP contribution in [0.15, 0.2) is 48.8 Å². The largest absolute Gasteiger partial charge is 0.325 e. The lowest BCUT2D eigenvalue weighted by molar-refractivity contribution is -0.134. The molecule has 25 heavy (non-hydrogen) atoms. The fourth-order valence-electron chi connectivity index (χ4n) is 3.51. The van der Waals surface area contributed by atoms with Crippen LogP contribution in [0, 0.1) is 0 Å². The average Bonchev–Trinajstić information content (AvgIpc) is 3.10. The van der Waals surface area contributed by atoms with Crippen LogP contribution < -0.4 is 10.6 Å². The molecule has 0 saturated carbocycles. The summed E-state index contributed by atoms with van der Waals surface area (Å²) in [5.41, 5.74) is 1.35. The minimum Gasteiger partial charge on any atom is -0.323 e. The molecule has 4 rings (SSSR count). The van der Waals surface area contributed by atoms with Crippen LogP contribution >= 0.6 is 0 Å². The molecule has 1 saturated heterocycles. The van der Waals surface area contributed by atoms with Crippen LogP contribution in [-0.2, 0) is 21.5 Å².